The summed E-state index contributed by atoms with van der Waals surface area (Å²) < 4.78 is 6.52. The second kappa shape index (κ2) is 6.36. The summed E-state index contributed by atoms with van der Waals surface area (Å²) in [6.07, 6.45) is 0.388. The smallest absolute Gasteiger partial charge is 0.276 e. The van der Waals surface area contributed by atoms with E-state index in [-0.39, 0.29) is 6.10 Å². The maximum Gasteiger partial charge on any atom is 0.276 e. The van der Waals surface area contributed by atoms with Gasteiger partial charge in [-0.05, 0) is 30.7 Å². The van der Waals surface area contributed by atoms with Crippen molar-refractivity contribution in [2.45, 2.75) is 24.7 Å². The molecule has 0 aliphatic heterocycles. The minimum Gasteiger partial charge on any atom is -0.411 e. The monoisotopic (exact) mass is 328 g/mol. The van der Waals surface area contributed by atoms with Crippen molar-refractivity contribution in [3.63, 3.8) is 0 Å². The number of nitrogens with zero attached hydrogens (tertiary/aromatic N) is 2. The fourth-order valence-corrected chi connectivity index (χ4v) is 2.33. The first-order valence-electron chi connectivity index (χ1n) is 5.59. The van der Waals surface area contributed by atoms with Crippen LogP contribution in [0.4, 0.5) is 0 Å². The van der Waals surface area contributed by atoms with Crippen LogP contribution in [0.1, 0.15) is 13.3 Å². The molecule has 0 aliphatic rings. The Morgan fingerprint density at radius 2 is 2.06 bits per heavy atom. The number of benzene rings is 1. The van der Waals surface area contributed by atoms with E-state index >= 15 is 0 Å². The summed E-state index contributed by atoms with van der Waals surface area (Å²) in [5, 5.41) is 17.9. The van der Waals surface area contributed by atoms with E-state index in [0.29, 0.717) is 16.9 Å². The van der Waals surface area contributed by atoms with Crippen LogP contribution in [0.3, 0.4) is 0 Å². The average Bonchev–Trinajstić information content (AvgIpc) is 2.85. The van der Waals surface area contributed by atoms with Crippen LogP contribution < -0.4 is 0 Å². The molecule has 96 valence electrons. The number of aromatic nitrogens is 2. The first kappa shape index (κ1) is 13.6. The third-order valence-corrected chi connectivity index (χ3v) is 3.86. The lowest BCUT2D eigenvalue weighted by Crippen LogP contribution is -2.07. The van der Waals surface area contributed by atoms with Crippen LogP contribution in [-0.2, 0) is 0 Å². The fraction of sp³-hybridized carbons (Fsp3) is 0.333. The molecule has 1 atom stereocenters. The minimum atomic E-state index is -0.335. The largest absolute Gasteiger partial charge is 0.411 e. The van der Waals surface area contributed by atoms with Crippen molar-refractivity contribution < 1.29 is 9.52 Å². The second-order valence-electron chi connectivity index (χ2n) is 3.75. The highest BCUT2D eigenvalue weighted by Gasteiger charge is 2.10. The van der Waals surface area contributed by atoms with Gasteiger partial charge in [-0.2, -0.15) is 0 Å². The molecule has 6 heteroatoms. The molecule has 1 heterocycles. The first-order chi connectivity index (χ1) is 8.69. The predicted octanol–water partition coefficient (Wildman–Crippen LogP) is 3.36. The van der Waals surface area contributed by atoms with Crippen LogP contribution in [-0.4, -0.2) is 27.2 Å². The second-order valence-corrected chi connectivity index (χ2v) is 5.64. The summed E-state index contributed by atoms with van der Waals surface area (Å²) in [5.74, 6) is 1.06. The Morgan fingerprint density at radius 1 is 1.33 bits per heavy atom. The third-order valence-electron chi connectivity index (χ3n) is 2.37. The van der Waals surface area contributed by atoms with Gasteiger partial charge >= 0.3 is 0 Å². The van der Waals surface area contributed by atoms with Gasteiger partial charge in [0.05, 0.1) is 6.10 Å². The Hall–Kier alpha value is -0.850. The molecule has 0 aliphatic carbocycles. The maximum absolute atomic E-state index is 9.46. The lowest BCUT2D eigenvalue weighted by atomic mass is 10.2. The normalized spacial score (nSPS) is 12.6. The van der Waals surface area contributed by atoms with E-state index in [1.807, 2.05) is 31.2 Å². The van der Waals surface area contributed by atoms with Gasteiger partial charge in [0.1, 0.15) is 0 Å². The molecule has 0 radical (unpaired) electrons. The number of rotatable bonds is 5. The highest BCUT2D eigenvalue weighted by atomic mass is 79.9. The number of hydrogen-bond donors (Lipinski definition) is 1. The van der Waals surface area contributed by atoms with E-state index in [2.05, 4.69) is 26.1 Å². The topological polar surface area (TPSA) is 59.2 Å². The van der Waals surface area contributed by atoms with E-state index in [0.717, 1.165) is 16.5 Å². The van der Waals surface area contributed by atoms with E-state index in [9.17, 15) is 5.11 Å². The quantitative estimate of drug-likeness (QED) is 0.853. The molecule has 1 aromatic heterocycles. The van der Waals surface area contributed by atoms with Crippen LogP contribution in [0.25, 0.3) is 11.5 Å². The molecule has 18 heavy (non-hydrogen) atoms. The molecule has 1 N–H and O–H groups in total. The fourth-order valence-electron chi connectivity index (χ4n) is 1.26. The molecular formula is C12H13BrN2O2S. The van der Waals surface area contributed by atoms with Gasteiger partial charge in [0.25, 0.3) is 5.22 Å². The van der Waals surface area contributed by atoms with Crippen molar-refractivity contribution in [1.29, 1.82) is 0 Å². The molecule has 2 rings (SSSR count). The van der Waals surface area contributed by atoms with Crippen LogP contribution in [0, 0.1) is 0 Å². The van der Waals surface area contributed by atoms with Crippen molar-refractivity contribution in [2.24, 2.45) is 0 Å². The van der Waals surface area contributed by atoms with Crippen molar-refractivity contribution in [3.05, 3.63) is 28.7 Å². The van der Waals surface area contributed by atoms with E-state index < -0.39 is 0 Å². The summed E-state index contributed by atoms with van der Waals surface area (Å²) in [5.41, 5.74) is 0.883. The molecule has 0 spiro atoms. The van der Waals surface area contributed by atoms with Gasteiger partial charge in [-0.1, -0.05) is 34.6 Å². The van der Waals surface area contributed by atoms with Gasteiger partial charge in [0.2, 0.25) is 5.89 Å². The number of thioether (sulfide) groups is 1. The lowest BCUT2D eigenvalue weighted by molar-refractivity contribution is 0.195. The summed E-state index contributed by atoms with van der Waals surface area (Å²) in [4.78, 5) is 0. The number of hydrogen-bond acceptors (Lipinski definition) is 5. The summed E-state index contributed by atoms with van der Waals surface area (Å²) >= 11 is 4.75. The summed E-state index contributed by atoms with van der Waals surface area (Å²) in [7, 11) is 0. The van der Waals surface area contributed by atoms with Crippen LogP contribution in [0.15, 0.2) is 38.4 Å². The zero-order valence-electron chi connectivity index (χ0n) is 9.84. The Labute approximate surface area is 118 Å². The van der Waals surface area contributed by atoms with Gasteiger partial charge < -0.3 is 9.52 Å². The molecule has 1 aromatic carbocycles. The molecule has 0 unspecified atom stereocenters. The first-order valence-corrected chi connectivity index (χ1v) is 7.37. The van der Waals surface area contributed by atoms with Crippen LogP contribution in [0.5, 0.6) is 0 Å². The molecule has 0 saturated heterocycles. The highest BCUT2D eigenvalue weighted by molar-refractivity contribution is 9.10. The molecule has 0 bridgehead atoms. The minimum absolute atomic E-state index is 0.335. The van der Waals surface area contributed by atoms with E-state index in [1.165, 1.54) is 11.8 Å². The van der Waals surface area contributed by atoms with Crippen molar-refractivity contribution >= 4 is 27.7 Å². The van der Waals surface area contributed by atoms with E-state index in [1.54, 1.807) is 0 Å². The Balaban J connectivity index is 2.03. The zero-order valence-corrected chi connectivity index (χ0v) is 12.2. The SMILES string of the molecule is CC[C@H](O)CSc1nnc(-c2ccc(Br)cc2)o1. The van der Waals surface area contributed by atoms with Gasteiger partial charge in [0.15, 0.2) is 0 Å². The average molecular weight is 329 g/mol. The molecule has 4 nitrogen and oxygen atoms in total. The maximum atomic E-state index is 9.46. The molecule has 0 fully saturated rings. The summed E-state index contributed by atoms with van der Waals surface area (Å²) in [6, 6.07) is 7.67. The molecular weight excluding hydrogens is 316 g/mol. The van der Waals surface area contributed by atoms with Gasteiger partial charge in [-0.3, -0.25) is 0 Å². The number of halogens is 1. The standard InChI is InChI=1S/C12H13BrN2O2S/c1-2-10(16)7-18-12-15-14-11(17-12)8-3-5-9(13)6-4-8/h3-6,10,16H,2,7H2,1H3/t10-/m0/s1. The van der Waals surface area contributed by atoms with Crippen LogP contribution >= 0.6 is 27.7 Å². The third kappa shape index (κ3) is 3.57. The lowest BCUT2D eigenvalue weighted by Gasteiger charge is -2.03. The Bertz CT molecular complexity index is 501. The molecule has 0 amide bonds. The number of aliphatic hydroxyl groups is 1. The number of aliphatic hydroxyl groups excluding tert-OH is 1. The predicted molar refractivity (Wildman–Crippen MR) is 74.5 cm³/mol. The Morgan fingerprint density at radius 3 is 2.72 bits per heavy atom. The summed E-state index contributed by atoms with van der Waals surface area (Å²) in [6.45, 7) is 1.94. The van der Waals surface area contributed by atoms with Gasteiger partial charge in [0, 0.05) is 15.8 Å². The molecule has 0 saturated carbocycles. The highest BCUT2D eigenvalue weighted by Crippen LogP contribution is 2.24. The van der Waals surface area contributed by atoms with Gasteiger partial charge in [-0.15, -0.1) is 10.2 Å². The Kier molecular flexibility index (Phi) is 4.79. The van der Waals surface area contributed by atoms with Crippen molar-refractivity contribution in [3.8, 4) is 11.5 Å². The van der Waals surface area contributed by atoms with Crippen molar-refractivity contribution in [2.75, 3.05) is 5.75 Å². The zero-order chi connectivity index (χ0) is 13.0. The van der Waals surface area contributed by atoms with E-state index in [4.69, 9.17) is 4.42 Å². The van der Waals surface area contributed by atoms with Crippen molar-refractivity contribution in [1.82, 2.24) is 10.2 Å². The molecule has 2 aromatic rings. The van der Waals surface area contributed by atoms with Gasteiger partial charge in [-0.25, -0.2) is 0 Å². The van der Waals surface area contributed by atoms with Crippen LogP contribution in [0.2, 0.25) is 0 Å².